The molecule has 0 saturated carbocycles. The lowest BCUT2D eigenvalue weighted by Gasteiger charge is -2.56. The number of nitrogens with zero attached hydrogens (tertiary/aromatic N) is 2. The number of fused-ring (bicyclic) bond motifs is 4. The maximum Gasteiger partial charge on any atom is 0.321 e. The molecular weight excluding hydrogens is 369 g/mol. The van der Waals surface area contributed by atoms with Crippen molar-refractivity contribution in [2.75, 3.05) is 18.4 Å². The van der Waals surface area contributed by atoms with Gasteiger partial charge in [0.15, 0.2) is 0 Å². The number of piperidine rings is 3. The van der Waals surface area contributed by atoms with Crippen molar-refractivity contribution in [2.45, 2.75) is 64.5 Å². The molecule has 3 saturated heterocycles. The molecule has 4 atom stereocenters. The first-order chi connectivity index (χ1) is 13.9. The summed E-state index contributed by atoms with van der Waals surface area (Å²) in [5.74, 6) is 1.10. The van der Waals surface area contributed by atoms with Crippen LogP contribution in [0.3, 0.4) is 0 Å². The highest BCUT2D eigenvalue weighted by Crippen LogP contribution is 2.43. The van der Waals surface area contributed by atoms with Gasteiger partial charge in [-0.05, 0) is 62.0 Å². The van der Waals surface area contributed by atoms with Crippen molar-refractivity contribution in [3.05, 3.63) is 30.1 Å². The Bertz CT molecular complexity index is 768. The lowest BCUT2D eigenvalue weighted by Crippen LogP contribution is -2.65. The van der Waals surface area contributed by atoms with Crippen LogP contribution in [0.5, 0.6) is 0 Å². The second-order valence-electron chi connectivity index (χ2n) is 9.37. The maximum atomic E-state index is 14.0. The summed E-state index contributed by atoms with van der Waals surface area (Å²) in [6.45, 7) is 5.71. The molecule has 0 radical (unpaired) electrons. The smallest absolute Gasteiger partial charge is 0.321 e. The third-order valence-electron chi connectivity index (χ3n) is 6.94. The summed E-state index contributed by atoms with van der Waals surface area (Å²) in [6, 6.07) is 6.51. The van der Waals surface area contributed by atoms with Crippen molar-refractivity contribution in [2.24, 2.45) is 17.8 Å². The summed E-state index contributed by atoms with van der Waals surface area (Å²) >= 11 is 0. The number of rotatable bonds is 4. The minimum atomic E-state index is -0.420. The normalized spacial score (nSPS) is 29.0. The molecule has 0 spiro atoms. The molecule has 4 rings (SSSR count). The van der Waals surface area contributed by atoms with Gasteiger partial charge in [-0.25, -0.2) is 9.18 Å². The highest BCUT2D eigenvalue weighted by atomic mass is 19.1. The molecule has 3 aliphatic heterocycles. The average Bonchev–Trinajstić information content (AvgIpc) is 2.69. The number of hydrogen-bond acceptors (Lipinski definition) is 2. The molecule has 3 aliphatic rings. The Kier molecular flexibility index (Phi) is 5.79. The van der Waals surface area contributed by atoms with Crippen LogP contribution < -0.4 is 5.32 Å². The molecule has 3 fully saturated rings. The van der Waals surface area contributed by atoms with Crippen molar-refractivity contribution in [1.29, 1.82) is 0 Å². The van der Waals surface area contributed by atoms with Gasteiger partial charge in [0.05, 0.1) is 5.69 Å². The Morgan fingerprint density at radius 3 is 2.76 bits per heavy atom. The summed E-state index contributed by atoms with van der Waals surface area (Å²) in [7, 11) is 0. The second kappa shape index (κ2) is 8.33. The summed E-state index contributed by atoms with van der Waals surface area (Å²) in [6.07, 6.45) is 5.81. The van der Waals surface area contributed by atoms with E-state index >= 15 is 0 Å². The molecule has 3 heterocycles. The number of hydrogen-bond donors (Lipinski definition) is 1. The number of carbonyl (C=O) groups excluding carboxylic acids is 2. The fraction of sp³-hybridized carbons (Fsp3) is 0.652. The van der Waals surface area contributed by atoms with Gasteiger partial charge in [-0.1, -0.05) is 26.0 Å². The SMILES string of the molecule is CC(C)CC[C@H]1[C@H]2C[C@H](CN(C(=O)Nc3ccccc3F)C2)[C@@H]2CCCC(=O)N21. The molecule has 158 valence electrons. The number of likely N-dealkylation sites (tertiary alicyclic amines) is 1. The molecular formula is C23H32FN3O2. The van der Waals surface area contributed by atoms with Gasteiger partial charge in [-0.15, -0.1) is 0 Å². The van der Waals surface area contributed by atoms with Gasteiger partial charge < -0.3 is 15.1 Å². The second-order valence-corrected chi connectivity index (χ2v) is 9.37. The zero-order valence-corrected chi connectivity index (χ0v) is 17.4. The third kappa shape index (κ3) is 4.12. The van der Waals surface area contributed by atoms with Gasteiger partial charge in [0.2, 0.25) is 5.91 Å². The zero-order chi connectivity index (χ0) is 20.5. The average molecular weight is 402 g/mol. The third-order valence-corrected chi connectivity index (χ3v) is 6.94. The Labute approximate surface area is 172 Å². The molecule has 1 aromatic rings. The van der Waals surface area contributed by atoms with Crippen molar-refractivity contribution >= 4 is 17.6 Å². The van der Waals surface area contributed by atoms with E-state index in [0.717, 1.165) is 32.1 Å². The Balaban J connectivity index is 1.52. The topological polar surface area (TPSA) is 52.7 Å². The molecule has 6 heteroatoms. The monoisotopic (exact) mass is 401 g/mol. The van der Waals surface area contributed by atoms with Crippen LogP contribution >= 0.6 is 0 Å². The van der Waals surface area contributed by atoms with Crippen LogP contribution in [0.25, 0.3) is 0 Å². The summed E-state index contributed by atoms with van der Waals surface area (Å²) < 4.78 is 14.0. The van der Waals surface area contributed by atoms with Crippen LogP contribution in [0.4, 0.5) is 14.9 Å². The number of urea groups is 1. The fourth-order valence-corrected chi connectivity index (χ4v) is 5.57. The van der Waals surface area contributed by atoms with Crippen LogP contribution in [0.15, 0.2) is 24.3 Å². The Morgan fingerprint density at radius 2 is 2.00 bits per heavy atom. The van der Waals surface area contributed by atoms with Gasteiger partial charge in [0.1, 0.15) is 5.82 Å². The minimum absolute atomic E-state index is 0.218. The number of anilines is 1. The zero-order valence-electron chi connectivity index (χ0n) is 17.4. The first-order valence-electron chi connectivity index (χ1n) is 11.1. The molecule has 0 aliphatic carbocycles. The molecule has 0 aromatic heterocycles. The van der Waals surface area contributed by atoms with Gasteiger partial charge in [0, 0.05) is 31.6 Å². The van der Waals surface area contributed by atoms with Crippen LogP contribution in [-0.2, 0) is 4.79 Å². The van der Waals surface area contributed by atoms with E-state index in [2.05, 4.69) is 24.1 Å². The van der Waals surface area contributed by atoms with Crippen molar-refractivity contribution in [1.82, 2.24) is 9.80 Å². The Hall–Kier alpha value is -2.11. The number of nitrogens with one attached hydrogen (secondary N) is 1. The van der Waals surface area contributed by atoms with E-state index in [4.69, 9.17) is 0 Å². The van der Waals surface area contributed by atoms with Crippen molar-refractivity contribution < 1.29 is 14.0 Å². The van der Waals surface area contributed by atoms with Gasteiger partial charge in [-0.2, -0.15) is 0 Å². The maximum absolute atomic E-state index is 14.0. The lowest BCUT2D eigenvalue weighted by molar-refractivity contribution is -0.152. The molecule has 0 unspecified atom stereocenters. The number of amides is 3. The van der Waals surface area contributed by atoms with E-state index in [1.54, 1.807) is 18.2 Å². The largest absolute Gasteiger partial charge is 0.336 e. The first-order valence-corrected chi connectivity index (χ1v) is 11.1. The van der Waals surface area contributed by atoms with Crippen molar-refractivity contribution in [3.63, 3.8) is 0 Å². The first kappa shape index (κ1) is 20.2. The van der Waals surface area contributed by atoms with Crippen LogP contribution in [0.1, 0.15) is 52.4 Å². The van der Waals surface area contributed by atoms with Crippen LogP contribution in [-0.4, -0.2) is 46.9 Å². The van der Waals surface area contributed by atoms with Crippen LogP contribution in [0.2, 0.25) is 0 Å². The molecule has 1 N–H and O–H groups in total. The molecule has 3 amide bonds. The number of benzene rings is 1. The molecule has 29 heavy (non-hydrogen) atoms. The molecule has 5 nitrogen and oxygen atoms in total. The highest BCUT2D eigenvalue weighted by Gasteiger charge is 2.49. The van der Waals surface area contributed by atoms with Gasteiger partial charge in [-0.3, -0.25) is 4.79 Å². The minimum Gasteiger partial charge on any atom is -0.336 e. The predicted octanol–water partition coefficient (Wildman–Crippen LogP) is 4.50. The molecule has 2 bridgehead atoms. The Morgan fingerprint density at radius 1 is 1.24 bits per heavy atom. The number of halogens is 1. The van der Waals surface area contributed by atoms with E-state index in [1.807, 2.05) is 4.90 Å². The molecule has 1 aromatic carbocycles. The van der Waals surface area contributed by atoms with E-state index in [-0.39, 0.29) is 23.8 Å². The summed E-state index contributed by atoms with van der Waals surface area (Å²) in [5, 5.41) is 2.75. The van der Waals surface area contributed by atoms with E-state index in [9.17, 15) is 14.0 Å². The fourth-order valence-electron chi connectivity index (χ4n) is 5.57. The summed E-state index contributed by atoms with van der Waals surface area (Å²) in [4.78, 5) is 29.8. The standard InChI is InChI=1S/C23H32FN3O2/c1-15(2)10-11-21-17-12-16(20-8-5-9-22(28)27(20)21)13-26(14-17)23(29)25-19-7-4-3-6-18(19)24/h3-4,6-7,15-17,20-21H,5,8-14H2,1-2H3,(H,25,29)/t16-,17+,20+,21+/m1/s1. The van der Waals surface area contributed by atoms with E-state index in [0.29, 0.717) is 43.2 Å². The van der Waals surface area contributed by atoms with Crippen LogP contribution in [0, 0.1) is 23.6 Å². The van der Waals surface area contributed by atoms with E-state index in [1.165, 1.54) is 6.07 Å². The van der Waals surface area contributed by atoms with Gasteiger partial charge >= 0.3 is 6.03 Å². The number of carbonyl (C=O) groups is 2. The quantitative estimate of drug-likeness (QED) is 0.808. The number of para-hydroxylation sites is 1. The van der Waals surface area contributed by atoms with E-state index < -0.39 is 5.82 Å². The highest BCUT2D eigenvalue weighted by molar-refractivity contribution is 5.89. The summed E-state index contributed by atoms with van der Waals surface area (Å²) in [5.41, 5.74) is 0.221. The lowest BCUT2D eigenvalue weighted by atomic mass is 9.71. The van der Waals surface area contributed by atoms with Gasteiger partial charge in [0.25, 0.3) is 0 Å². The predicted molar refractivity (Wildman–Crippen MR) is 111 cm³/mol. The van der Waals surface area contributed by atoms with Crippen molar-refractivity contribution in [3.8, 4) is 0 Å².